The second-order valence-electron chi connectivity index (χ2n) is 8.00. The maximum atomic E-state index is 16.4. The Balaban J connectivity index is 1.73. The summed E-state index contributed by atoms with van der Waals surface area (Å²) >= 11 is 0. The third kappa shape index (κ3) is 4.61. The SMILES string of the molecule is CC(F)(c1ccc(-c2ccc(C(F)(F)F)cc2)cn1)C(O)(Cn1cnnn1)c1ccc(F)cc1F. The second-order valence-corrected chi connectivity index (χ2v) is 8.00. The van der Waals surface area contributed by atoms with Gasteiger partial charge in [-0.05, 0) is 47.2 Å². The molecule has 2 atom stereocenters. The molecule has 2 unspecified atom stereocenters. The van der Waals surface area contributed by atoms with E-state index in [2.05, 4.69) is 20.5 Å². The van der Waals surface area contributed by atoms with E-state index in [1.807, 2.05) is 0 Å². The van der Waals surface area contributed by atoms with Gasteiger partial charge in [-0.1, -0.05) is 24.3 Å². The Morgan fingerprint density at radius 1 is 0.914 bits per heavy atom. The van der Waals surface area contributed by atoms with Gasteiger partial charge in [0.25, 0.3) is 0 Å². The standard InChI is InChI=1S/C23H17F6N5O/c1-21(26,20-9-4-15(11-30-20)14-2-5-16(6-3-14)23(27,28)29)22(35,12-34-13-31-32-33-34)18-8-7-17(24)10-19(18)25/h2-11,13,35H,12H2,1H3. The highest BCUT2D eigenvalue weighted by molar-refractivity contribution is 5.63. The lowest BCUT2D eigenvalue weighted by Gasteiger charge is -2.39. The topological polar surface area (TPSA) is 76.7 Å². The van der Waals surface area contributed by atoms with Crippen molar-refractivity contribution < 1.29 is 31.4 Å². The van der Waals surface area contributed by atoms with Gasteiger partial charge in [-0.3, -0.25) is 4.98 Å². The van der Waals surface area contributed by atoms with Gasteiger partial charge in [0, 0.05) is 23.4 Å². The molecule has 0 saturated carbocycles. The van der Waals surface area contributed by atoms with Crippen LogP contribution in [0.5, 0.6) is 0 Å². The highest BCUT2D eigenvalue weighted by atomic mass is 19.4. The van der Waals surface area contributed by atoms with Crippen molar-refractivity contribution in [1.29, 1.82) is 0 Å². The fourth-order valence-corrected chi connectivity index (χ4v) is 3.70. The van der Waals surface area contributed by atoms with Gasteiger partial charge in [-0.2, -0.15) is 13.2 Å². The third-order valence-corrected chi connectivity index (χ3v) is 5.73. The van der Waals surface area contributed by atoms with Crippen LogP contribution in [0.25, 0.3) is 11.1 Å². The summed E-state index contributed by atoms with van der Waals surface area (Å²) in [5.41, 5.74) is -6.29. The summed E-state index contributed by atoms with van der Waals surface area (Å²) in [5.74, 6) is -2.11. The summed E-state index contributed by atoms with van der Waals surface area (Å²) in [5, 5.41) is 21.9. The molecule has 0 radical (unpaired) electrons. The van der Waals surface area contributed by atoms with E-state index in [0.717, 1.165) is 42.2 Å². The molecule has 0 aliphatic carbocycles. The summed E-state index contributed by atoms with van der Waals surface area (Å²) in [6.07, 6.45) is -2.19. The fourth-order valence-electron chi connectivity index (χ4n) is 3.70. The van der Waals surface area contributed by atoms with Gasteiger partial charge in [0.1, 0.15) is 18.0 Å². The third-order valence-electron chi connectivity index (χ3n) is 5.73. The van der Waals surface area contributed by atoms with Gasteiger partial charge < -0.3 is 5.11 Å². The summed E-state index contributed by atoms with van der Waals surface area (Å²) in [4.78, 5) is 4.05. The number of alkyl halides is 4. The highest BCUT2D eigenvalue weighted by Crippen LogP contribution is 2.45. The molecular formula is C23H17F6N5O. The quantitative estimate of drug-likeness (QED) is 0.391. The molecule has 2 aromatic heterocycles. The van der Waals surface area contributed by atoms with E-state index in [1.54, 1.807) is 0 Å². The highest BCUT2D eigenvalue weighted by Gasteiger charge is 2.53. The zero-order valence-corrected chi connectivity index (χ0v) is 18.0. The molecule has 2 heterocycles. The zero-order valence-electron chi connectivity index (χ0n) is 18.0. The first-order chi connectivity index (χ1) is 16.4. The van der Waals surface area contributed by atoms with Crippen molar-refractivity contribution in [2.45, 2.75) is 30.9 Å². The van der Waals surface area contributed by atoms with Crippen LogP contribution in [0.4, 0.5) is 26.3 Å². The Kier molecular flexibility index (Phi) is 6.09. The van der Waals surface area contributed by atoms with E-state index in [1.165, 1.54) is 30.5 Å². The van der Waals surface area contributed by atoms with E-state index < -0.39 is 46.8 Å². The maximum Gasteiger partial charge on any atom is 0.416 e. The Morgan fingerprint density at radius 2 is 1.60 bits per heavy atom. The van der Waals surface area contributed by atoms with Gasteiger partial charge in [0.15, 0.2) is 11.3 Å². The maximum absolute atomic E-state index is 16.4. The zero-order chi connectivity index (χ0) is 25.4. The molecule has 2 aromatic carbocycles. The summed E-state index contributed by atoms with van der Waals surface area (Å²) in [6, 6.07) is 9.24. The first-order valence-corrected chi connectivity index (χ1v) is 10.1. The number of pyridine rings is 1. The smallest absolute Gasteiger partial charge is 0.379 e. The number of aromatic nitrogens is 5. The first-order valence-electron chi connectivity index (χ1n) is 10.1. The summed E-state index contributed by atoms with van der Waals surface area (Å²) in [6.45, 7) is 0.332. The number of rotatable bonds is 6. The van der Waals surface area contributed by atoms with Crippen LogP contribution in [0.3, 0.4) is 0 Å². The van der Waals surface area contributed by atoms with Crippen molar-refractivity contribution in [1.82, 2.24) is 25.2 Å². The number of hydrogen-bond acceptors (Lipinski definition) is 5. The minimum Gasteiger partial charge on any atom is -0.379 e. The average molecular weight is 493 g/mol. The molecule has 182 valence electrons. The lowest BCUT2D eigenvalue weighted by molar-refractivity contribution is -0.137. The Labute approximate surface area is 194 Å². The lowest BCUT2D eigenvalue weighted by Crippen LogP contribution is -2.48. The molecule has 4 rings (SSSR count). The van der Waals surface area contributed by atoms with E-state index in [-0.39, 0.29) is 5.69 Å². The molecule has 12 heteroatoms. The van der Waals surface area contributed by atoms with Crippen LogP contribution in [0.15, 0.2) is 67.1 Å². The number of tetrazole rings is 1. The first kappa shape index (κ1) is 24.3. The van der Waals surface area contributed by atoms with Crippen LogP contribution in [0.1, 0.15) is 23.7 Å². The van der Waals surface area contributed by atoms with E-state index >= 15 is 4.39 Å². The van der Waals surface area contributed by atoms with Crippen LogP contribution >= 0.6 is 0 Å². The lowest BCUT2D eigenvalue weighted by atomic mass is 9.77. The van der Waals surface area contributed by atoms with Crippen molar-refractivity contribution >= 4 is 0 Å². The largest absolute Gasteiger partial charge is 0.416 e. The minimum absolute atomic E-state index is 0.313. The monoisotopic (exact) mass is 493 g/mol. The van der Waals surface area contributed by atoms with E-state index in [9.17, 15) is 27.1 Å². The molecule has 0 amide bonds. The number of hydrogen-bond donors (Lipinski definition) is 1. The van der Waals surface area contributed by atoms with Crippen molar-refractivity contribution in [3.05, 3.63) is 95.6 Å². The van der Waals surface area contributed by atoms with Crippen molar-refractivity contribution in [2.75, 3.05) is 0 Å². The Bertz CT molecular complexity index is 1310. The van der Waals surface area contributed by atoms with Crippen LogP contribution in [0.2, 0.25) is 0 Å². The van der Waals surface area contributed by atoms with Gasteiger partial charge >= 0.3 is 6.18 Å². The van der Waals surface area contributed by atoms with E-state index in [4.69, 9.17) is 0 Å². The van der Waals surface area contributed by atoms with Gasteiger partial charge in [-0.15, -0.1) is 5.10 Å². The van der Waals surface area contributed by atoms with Crippen molar-refractivity contribution in [3.8, 4) is 11.1 Å². The van der Waals surface area contributed by atoms with Gasteiger partial charge in [0.05, 0.1) is 17.8 Å². The summed E-state index contributed by atoms with van der Waals surface area (Å²) < 4.78 is 84.0. The van der Waals surface area contributed by atoms with Gasteiger partial charge in [0.2, 0.25) is 0 Å². The number of benzene rings is 2. The average Bonchev–Trinajstić information content (AvgIpc) is 3.31. The van der Waals surface area contributed by atoms with Crippen LogP contribution in [-0.4, -0.2) is 30.3 Å². The molecule has 0 fully saturated rings. The molecule has 1 N–H and O–H groups in total. The molecule has 0 aliphatic heterocycles. The Hall–Kier alpha value is -3.80. The second kappa shape index (κ2) is 8.77. The fraction of sp³-hybridized carbons (Fsp3) is 0.217. The Morgan fingerprint density at radius 3 is 2.14 bits per heavy atom. The molecule has 0 aliphatic rings. The van der Waals surface area contributed by atoms with Crippen LogP contribution in [0, 0.1) is 11.6 Å². The molecule has 0 spiro atoms. The number of nitrogens with zero attached hydrogens (tertiary/aromatic N) is 5. The molecular weight excluding hydrogens is 476 g/mol. The van der Waals surface area contributed by atoms with Crippen LogP contribution < -0.4 is 0 Å². The number of aliphatic hydroxyl groups is 1. The summed E-state index contributed by atoms with van der Waals surface area (Å²) in [7, 11) is 0. The molecule has 35 heavy (non-hydrogen) atoms. The predicted octanol–water partition coefficient (Wildman–Crippen LogP) is 4.80. The number of halogens is 6. The molecule has 4 aromatic rings. The van der Waals surface area contributed by atoms with E-state index in [0.29, 0.717) is 17.2 Å². The van der Waals surface area contributed by atoms with Crippen molar-refractivity contribution in [3.63, 3.8) is 0 Å². The normalized spacial score (nSPS) is 15.4. The van der Waals surface area contributed by atoms with Gasteiger partial charge in [-0.25, -0.2) is 17.9 Å². The molecule has 0 saturated heterocycles. The molecule has 6 nitrogen and oxygen atoms in total. The van der Waals surface area contributed by atoms with Crippen molar-refractivity contribution in [2.24, 2.45) is 0 Å². The van der Waals surface area contributed by atoms with Crippen LogP contribution in [-0.2, 0) is 24.0 Å². The minimum atomic E-state index is -4.49. The molecule has 0 bridgehead atoms. The predicted molar refractivity (Wildman–Crippen MR) is 111 cm³/mol.